The van der Waals surface area contributed by atoms with Gasteiger partial charge in [-0.1, -0.05) is 68.3 Å². The van der Waals surface area contributed by atoms with E-state index in [0.717, 1.165) is 31.2 Å². The van der Waals surface area contributed by atoms with Crippen molar-refractivity contribution in [3.8, 4) is 0 Å². The number of hydrogen-bond donors (Lipinski definition) is 1. The Labute approximate surface area is 209 Å². The molecular weight excluding hydrogens is 432 g/mol. The van der Waals surface area contributed by atoms with Crippen molar-refractivity contribution in [3.05, 3.63) is 92.9 Å². The minimum atomic E-state index is -0.208. The van der Waals surface area contributed by atoms with Crippen molar-refractivity contribution in [1.82, 2.24) is 9.88 Å². The molecule has 0 aliphatic heterocycles. The molecule has 4 nitrogen and oxygen atoms in total. The summed E-state index contributed by atoms with van der Waals surface area (Å²) in [5, 5.41) is 3.32. The van der Waals surface area contributed by atoms with E-state index in [1.54, 1.807) is 4.57 Å². The number of carbonyl (C=O) groups excluding carboxylic acids is 1. The van der Waals surface area contributed by atoms with Gasteiger partial charge in [0.1, 0.15) is 5.56 Å². The summed E-state index contributed by atoms with van der Waals surface area (Å²) >= 11 is 0. The van der Waals surface area contributed by atoms with Gasteiger partial charge in [-0.15, -0.1) is 0 Å². The second-order valence-corrected chi connectivity index (χ2v) is 10.6. The second-order valence-electron chi connectivity index (χ2n) is 10.6. The van der Waals surface area contributed by atoms with E-state index in [1.807, 2.05) is 12.3 Å². The number of carbonyl (C=O) groups is 1. The SMILES string of the molecule is CCCn1ccc(Cc2cccc(C3CC3)c2)c(C(=O)NC2CCCC3C(CC)=CC=CC23)c1=O. The first-order valence-electron chi connectivity index (χ1n) is 13.6. The zero-order valence-corrected chi connectivity index (χ0v) is 21.1. The molecule has 3 aliphatic rings. The lowest BCUT2D eigenvalue weighted by Crippen LogP contribution is -2.47. The summed E-state index contributed by atoms with van der Waals surface area (Å²) in [6.45, 7) is 4.90. The first kappa shape index (κ1) is 23.8. The zero-order valence-electron chi connectivity index (χ0n) is 21.1. The molecule has 0 spiro atoms. The maximum atomic E-state index is 13.7. The maximum Gasteiger partial charge on any atom is 0.263 e. The third kappa shape index (κ3) is 5.07. The molecule has 4 heteroatoms. The fourth-order valence-electron chi connectivity index (χ4n) is 6.16. The summed E-state index contributed by atoms with van der Waals surface area (Å²) in [6, 6.07) is 10.7. The van der Waals surface area contributed by atoms with Crippen LogP contribution in [-0.2, 0) is 13.0 Å². The van der Waals surface area contributed by atoms with Crippen molar-refractivity contribution in [1.29, 1.82) is 0 Å². The first-order chi connectivity index (χ1) is 17.1. The van der Waals surface area contributed by atoms with Crippen LogP contribution in [0.25, 0.3) is 0 Å². The van der Waals surface area contributed by atoms with Gasteiger partial charge in [0.15, 0.2) is 0 Å². The van der Waals surface area contributed by atoms with Crippen molar-refractivity contribution in [2.45, 2.75) is 83.7 Å². The molecule has 0 bridgehead atoms. The zero-order chi connectivity index (χ0) is 24.4. The van der Waals surface area contributed by atoms with Crippen LogP contribution in [0.4, 0.5) is 0 Å². The molecule has 2 aromatic rings. The molecule has 184 valence electrons. The van der Waals surface area contributed by atoms with Crippen LogP contribution < -0.4 is 10.9 Å². The normalized spacial score (nSPS) is 23.5. The number of benzene rings is 1. The van der Waals surface area contributed by atoms with Gasteiger partial charge < -0.3 is 9.88 Å². The highest BCUT2D eigenvalue weighted by molar-refractivity contribution is 5.95. The lowest BCUT2D eigenvalue weighted by atomic mass is 9.69. The van der Waals surface area contributed by atoms with Crippen LogP contribution in [0.1, 0.15) is 91.8 Å². The smallest absolute Gasteiger partial charge is 0.263 e. The average Bonchev–Trinajstić information content (AvgIpc) is 3.72. The number of nitrogens with zero attached hydrogens (tertiary/aromatic N) is 1. The third-order valence-electron chi connectivity index (χ3n) is 8.14. The van der Waals surface area contributed by atoms with Gasteiger partial charge in [-0.2, -0.15) is 0 Å². The standard InChI is InChI=1S/C31H38N2O2/c1-3-17-33-18-16-25(20-21-8-5-10-24(19-21)23-14-15-23)29(31(33)35)30(34)32-28-13-7-11-26-22(4-2)9-6-12-27(26)28/h5-6,8-10,12,16,18-19,23,26-28H,3-4,7,11,13-15,17,20H2,1-2H3,(H,32,34). The topological polar surface area (TPSA) is 51.1 Å². The van der Waals surface area contributed by atoms with E-state index in [-0.39, 0.29) is 17.5 Å². The number of aryl methyl sites for hydroxylation is 1. The molecule has 2 saturated carbocycles. The Morgan fingerprint density at radius 3 is 2.74 bits per heavy atom. The quantitative estimate of drug-likeness (QED) is 0.503. The minimum Gasteiger partial charge on any atom is -0.349 e. The number of amides is 1. The largest absolute Gasteiger partial charge is 0.349 e. The van der Waals surface area contributed by atoms with E-state index in [4.69, 9.17) is 0 Å². The monoisotopic (exact) mass is 470 g/mol. The van der Waals surface area contributed by atoms with Crippen molar-refractivity contribution >= 4 is 5.91 Å². The summed E-state index contributed by atoms with van der Waals surface area (Å²) in [7, 11) is 0. The Balaban J connectivity index is 1.43. The van der Waals surface area contributed by atoms with Crippen LogP contribution in [0.3, 0.4) is 0 Å². The molecule has 3 unspecified atom stereocenters. The number of hydrogen-bond acceptors (Lipinski definition) is 2. The summed E-state index contributed by atoms with van der Waals surface area (Å²) < 4.78 is 1.70. The van der Waals surface area contributed by atoms with Crippen LogP contribution in [0, 0.1) is 11.8 Å². The van der Waals surface area contributed by atoms with Crippen molar-refractivity contribution in [3.63, 3.8) is 0 Å². The minimum absolute atomic E-state index is 0.0676. The number of rotatable bonds is 8. The van der Waals surface area contributed by atoms with E-state index < -0.39 is 0 Å². The summed E-state index contributed by atoms with van der Waals surface area (Å²) in [4.78, 5) is 27.2. The molecule has 3 atom stereocenters. The summed E-state index contributed by atoms with van der Waals surface area (Å²) in [5.41, 5.74) is 5.02. The molecule has 1 aromatic heterocycles. The Kier molecular flexibility index (Phi) is 7.08. The van der Waals surface area contributed by atoms with E-state index in [9.17, 15) is 9.59 Å². The molecule has 1 amide bonds. The number of pyridine rings is 1. The summed E-state index contributed by atoms with van der Waals surface area (Å²) in [5.74, 6) is 1.29. The highest BCUT2D eigenvalue weighted by Gasteiger charge is 2.36. The summed E-state index contributed by atoms with van der Waals surface area (Å²) in [6.07, 6.45) is 16.8. The third-order valence-corrected chi connectivity index (χ3v) is 8.14. The van der Waals surface area contributed by atoms with Crippen molar-refractivity contribution in [2.24, 2.45) is 11.8 Å². The Morgan fingerprint density at radius 2 is 1.97 bits per heavy atom. The highest BCUT2D eigenvalue weighted by Crippen LogP contribution is 2.41. The number of allylic oxidation sites excluding steroid dienone is 3. The van der Waals surface area contributed by atoms with Crippen LogP contribution >= 0.6 is 0 Å². The molecule has 0 saturated heterocycles. The van der Waals surface area contributed by atoms with Gasteiger partial charge in [0, 0.05) is 24.7 Å². The molecule has 1 heterocycles. The fraction of sp³-hybridized carbons (Fsp3) is 0.484. The van der Waals surface area contributed by atoms with Gasteiger partial charge in [-0.25, -0.2) is 0 Å². The molecular formula is C31H38N2O2. The van der Waals surface area contributed by atoms with E-state index in [1.165, 1.54) is 36.0 Å². The van der Waals surface area contributed by atoms with Crippen molar-refractivity contribution in [2.75, 3.05) is 0 Å². The Hall–Kier alpha value is -2.88. The molecule has 35 heavy (non-hydrogen) atoms. The van der Waals surface area contributed by atoms with Crippen LogP contribution in [0.5, 0.6) is 0 Å². The highest BCUT2D eigenvalue weighted by atomic mass is 16.2. The van der Waals surface area contributed by atoms with Gasteiger partial charge in [0.05, 0.1) is 0 Å². The van der Waals surface area contributed by atoms with E-state index in [2.05, 4.69) is 61.7 Å². The molecule has 3 aliphatic carbocycles. The Morgan fingerprint density at radius 1 is 1.11 bits per heavy atom. The van der Waals surface area contributed by atoms with Gasteiger partial charge in [0.25, 0.3) is 11.5 Å². The Bertz CT molecular complexity index is 1200. The fourth-order valence-corrected chi connectivity index (χ4v) is 6.16. The molecule has 2 fully saturated rings. The van der Waals surface area contributed by atoms with E-state index >= 15 is 0 Å². The number of nitrogens with one attached hydrogen (secondary N) is 1. The number of aromatic nitrogens is 1. The van der Waals surface area contributed by atoms with Gasteiger partial charge in [-0.05, 0) is 79.5 Å². The molecule has 0 radical (unpaired) electrons. The van der Waals surface area contributed by atoms with Crippen LogP contribution in [-0.4, -0.2) is 16.5 Å². The predicted molar refractivity (Wildman–Crippen MR) is 142 cm³/mol. The second kappa shape index (κ2) is 10.4. The molecule has 5 rings (SSSR count). The first-order valence-corrected chi connectivity index (χ1v) is 13.6. The molecule has 1 N–H and O–H groups in total. The van der Waals surface area contributed by atoms with Gasteiger partial charge >= 0.3 is 0 Å². The average molecular weight is 471 g/mol. The lowest BCUT2D eigenvalue weighted by Gasteiger charge is -2.39. The van der Waals surface area contributed by atoms with Crippen LogP contribution in [0.2, 0.25) is 0 Å². The van der Waals surface area contributed by atoms with Crippen LogP contribution in [0.15, 0.2) is 65.1 Å². The number of fused-ring (bicyclic) bond motifs is 1. The van der Waals surface area contributed by atoms with Gasteiger partial charge in [0.2, 0.25) is 0 Å². The maximum absolute atomic E-state index is 13.7. The van der Waals surface area contributed by atoms with Gasteiger partial charge in [-0.3, -0.25) is 9.59 Å². The van der Waals surface area contributed by atoms with Crippen molar-refractivity contribution < 1.29 is 4.79 Å². The molecule has 1 aromatic carbocycles. The predicted octanol–water partition coefficient (Wildman–Crippen LogP) is 6.15. The lowest BCUT2D eigenvalue weighted by molar-refractivity contribution is 0.0900. The van der Waals surface area contributed by atoms with E-state index in [0.29, 0.717) is 36.3 Å².